The highest BCUT2D eigenvalue weighted by Gasteiger charge is 2.39. The van der Waals surface area contributed by atoms with Gasteiger partial charge in [0.05, 0.1) is 17.7 Å². The monoisotopic (exact) mass is 298 g/mol. The Morgan fingerprint density at radius 1 is 1.05 bits per heavy atom. The van der Waals surface area contributed by atoms with Gasteiger partial charge in [-0.3, -0.25) is 9.59 Å². The number of rotatable bonds is 2. The van der Waals surface area contributed by atoms with Crippen LogP contribution in [0.3, 0.4) is 0 Å². The minimum Gasteiger partial charge on any atom is -0.507 e. The van der Waals surface area contributed by atoms with Crippen molar-refractivity contribution in [2.75, 3.05) is 6.61 Å². The van der Waals surface area contributed by atoms with Crippen LogP contribution in [0.4, 0.5) is 0 Å². The van der Waals surface area contributed by atoms with Crippen molar-refractivity contribution in [3.8, 4) is 11.5 Å². The molecule has 2 aromatic rings. The molecule has 0 heterocycles. The Bertz CT molecular complexity index is 723. The molecule has 0 aliphatic heterocycles. The summed E-state index contributed by atoms with van der Waals surface area (Å²) in [6, 6.07) is 9.12. The fourth-order valence-electron chi connectivity index (χ4n) is 2.86. The summed E-state index contributed by atoms with van der Waals surface area (Å²) in [6.07, 6.45) is 0. The van der Waals surface area contributed by atoms with Crippen LogP contribution in [0.15, 0.2) is 36.4 Å². The fourth-order valence-corrected chi connectivity index (χ4v) is 2.86. The first-order valence-corrected chi connectivity index (χ1v) is 6.91. The van der Waals surface area contributed by atoms with Crippen LogP contribution in [0.25, 0.3) is 0 Å². The molecule has 1 aliphatic carbocycles. The molecule has 22 heavy (non-hydrogen) atoms. The molecule has 2 aromatic carbocycles. The molecule has 1 aliphatic rings. The van der Waals surface area contributed by atoms with Crippen molar-refractivity contribution >= 4 is 11.8 Å². The van der Waals surface area contributed by atoms with E-state index in [1.54, 1.807) is 31.2 Å². The van der Waals surface area contributed by atoms with Crippen molar-refractivity contribution in [2.45, 2.75) is 12.8 Å². The smallest absolute Gasteiger partial charge is 0.317 e. The van der Waals surface area contributed by atoms with E-state index in [2.05, 4.69) is 0 Å². The van der Waals surface area contributed by atoms with Crippen molar-refractivity contribution in [3.05, 3.63) is 58.7 Å². The van der Waals surface area contributed by atoms with Crippen LogP contribution in [-0.2, 0) is 9.53 Å². The van der Waals surface area contributed by atoms with Gasteiger partial charge in [0.15, 0.2) is 0 Å². The number of hydrogen-bond acceptors (Lipinski definition) is 5. The third-order valence-corrected chi connectivity index (χ3v) is 3.75. The third kappa shape index (κ3) is 1.94. The molecule has 3 rings (SSSR count). The molecule has 0 aromatic heterocycles. The first-order chi connectivity index (χ1) is 10.6. The summed E-state index contributed by atoms with van der Waals surface area (Å²) in [5.41, 5.74) is 0.854. The summed E-state index contributed by atoms with van der Waals surface area (Å²) in [5, 5.41) is 20.0. The SMILES string of the molecule is CCOC(=O)C1c2cccc(O)c2C(=O)c2c(O)cccc21. The van der Waals surface area contributed by atoms with Crippen molar-refractivity contribution in [2.24, 2.45) is 0 Å². The molecule has 5 heteroatoms. The first kappa shape index (κ1) is 14.1. The zero-order valence-corrected chi connectivity index (χ0v) is 11.9. The zero-order chi connectivity index (χ0) is 15.9. The number of benzene rings is 2. The van der Waals surface area contributed by atoms with E-state index in [1.165, 1.54) is 12.1 Å². The van der Waals surface area contributed by atoms with Gasteiger partial charge in [-0.25, -0.2) is 0 Å². The number of carbonyl (C=O) groups excluding carboxylic acids is 2. The van der Waals surface area contributed by atoms with Gasteiger partial charge in [0.1, 0.15) is 17.4 Å². The van der Waals surface area contributed by atoms with E-state index < -0.39 is 17.7 Å². The van der Waals surface area contributed by atoms with Gasteiger partial charge in [0.25, 0.3) is 0 Å². The van der Waals surface area contributed by atoms with E-state index in [9.17, 15) is 19.8 Å². The molecule has 0 saturated heterocycles. The van der Waals surface area contributed by atoms with Crippen molar-refractivity contribution in [1.29, 1.82) is 0 Å². The third-order valence-electron chi connectivity index (χ3n) is 3.75. The summed E-state index contributed by atoms with van der Waals surface area (Å²) >= 11 is 0. The summed E-state index contributed by atoms with van der Waals surface area (Å²) < 4.78 is 5.10. The van der Waals surface area contributed by atoms with Crippen LogP contribution in [0.2, 0.25) is 0 Å². The van der Waals surface area contributed by atoms with Crippen LogP contribution in [-0.4, -0.2) is 28.6 Å². The van der Waals surface area contributed by atoms with Gasteiger partial charge < -0.3 is 14.9 Å². The normalized spacial score (nSPS) is 13.4. The minimum absolute atomic E-state index is 0.0366. The van der Waals surface area contributed by atoms with E-state index in [1.807, 2.05) is 0 Å². The summed E-state index contributed by atoms with van der Waals surface area (Å²) in [7, 11) is 0. The number of carbonyl (C=O) groups is 2. The lowest BCUT2D eigenvalue weighted by Gasteiger charge is -2.26. The molecule has 0 bridgehead atoms. The Morgan fingerprint density at radius 2 is 1.55 bits per heavy atom. The highest BCUT2D eigenvalue weighted by atomic mass is 16.5. The molecule has 0 radical (unpaired) electrons. The Kier molecular flexibility index (Phi) is 3.33. The molecular weight excluding hydrogens is 284 g/mol. The van der Waals surface area contributed by atoms with Crippen LogP contribution >= 0.6 is 0 Å². The zero-order valence-electron chi connectivity index (χ0n) is 11.9. The van der Waals surface area contributed by atoms with E-state index in [-0.39, 0.29) is 29.2 Å². The number of esters is 1. The van der Waals surface area contributed by atoms with Crippen LogP contribution in [0.5, 0.6) is 11.5 Å². The predicted molar refractivity (Wildman–Crippen MR) is 78.1 cm³/mol. The lowest BCUT2D eigenvalue weighted by molar-refractivity contribution is -0.143. The van der Waals surface area contributed by atoms with Gasteiger partial charge in [0, 0.05) is 0 Å². The highest BCUT2D eigenvalue weighted by molar-refractivity contribution is 6.17. The molecule has 112 valence electrons. The lowest BCUT2D eigenvalue weighted by atomic mass is 9.76. The second kappa shape index (κ2) is 5.18. The number of ether oxygens (including phenoxy) is 1. The van der Waals surface area contributed by atoms with Crippen molar-refractivity contribution < 1.29 is 24.5 Å². The van der Waals surface area contributed by atoms with Crippen LogP contribution < -0.4 is 0 Å². The Labute approximate surface area is 126 Å². The maximum Gasteiger partial charge on any atom is 0.317 e. The van der Waals surface area contributed by atoms with Gasteiger partial charge in [-0.15, -0.1) is 0 Å². The van der Waals surface area contributed by atoms with Crippen LogP contribution in [0.1, 0.15) is 39.9 Å². The molecule has 0 atom stereocenters. The Morgan fingerprint density at radius 3 is 2.00 bits per heavy atom. The molecule has 0 unspecified atom stereocenters. The lowest BCUT2D eigenvalue weighted by Crippen LogP contribution is -2.26. The number of aromatic hydroxyl groups is 2. The number of phenols is 2. The quantitative estimate of drug-likeness (QED) is 0.831. The average Bonchev–Trinajstić information content (AvgIpc) is 2.47. The van der Waals surface area contributed by atoms with Gasteiger partial charge in [-0.2, -0.15) is 0 Å². The predicted octanol–water partition coefficient (Wildman–Crippen LogP) is 2.34. The maximum absolute atomic E-state index is 12.6. The van der Waals surface area contributed by atoms with Crippen LogP contribution in [0, 0.1) is 0 Å². The van der Waals surface area contributed by atoms with Crippen molar-refractivity contribution in [1.82, 2.24) is 0 Å². The Balaban J connectivity index is 2.31. The summed E-state index contributed by atoms with van der Waals surface area (Å²) in [4.78, 5) is 25.0. The van der Waals surface area contributed by atoms with Crippen molar-refractivity contribution in [3.63, 3.8) is 0 Å². The highest BCUT2D eigenvalue weighted by Crippen LogP contribution is 2.43. The number of hydrogen-bond donors (Lipinski definition) is 2. The van der Waals surface area contributed by atoms with E-state index in [4.69, 9.17) is 4.74 Å². The van der Waals surface area contributed by atoms with Gasteiger partial charge in [0.2, 0.25) is 5.78 Å². The molecular formula is C17H14O5. The van der Waals surface area contributed by atoms with Gasteiger partial charge in [-0.1, -0.05) is 24.3 Å². The fraction of sp³-hybridized carbons (Fsp3) is 0.176. The van der Waals surface area contributed by atoms with E-state index in [0.29, 0.717) is 11.1 Å². The largest absolute Gasteiger partial charge is 0.507 e. The summed E-state index contributed by atoms with van der Waals surface area (Å²) in [6.45, 7) is 1.89. The minimum atomic E-state index is -0.846. The maximum atomic E-state index is 12.6. The first-order valence-electron chi connectivity index (χ1n) is 6.91. The van der Waals surface area contributed by atoms with E-state index in [0.717, 1.165) is 0 Å². The number of phenolic OH excluding ortho intramolecular Hbond substituents is 2. The molecule has 5 nitrogen and oxygen atoms in total. The second-order valence-electron chi connectivity index (χ2n) is 5.00. The second-order valence-corrected chi connectivity index (χ2v) is 5.00. The number of fused-ring (bicyclic) bond motifs is 2. The topological polar surface area (TPSA) is 83.8 Å². The summed E-state index contributed by atoms with van der Waals surface area (Å²) in [5.74, 6) is -2.30. The molecule has 0 saturated carbocycles. The van der Waals surface area contributed by atoms with Gasteiger partial charge >= 0.3 is 5.97 Å². The molecule has 0 amide bonds. The molecule has 0 fully saturated rings. The van der Waals surface area contributed by atoms with Gasteiger partial charge in [-0.05, 0) is 30.2 Å². The Hall–Kier alpha value is -2.82. The average molecular weight is 298 g/mol. The standard InChI is InChI=1S/C17H14O5/c1-2-22-17(21)13-9-5-3-7-11(18)14(9)16(20)15-10(13)6-4-8-12(15)19/h3-8,13,18-19H,2H2,1H3. The molecule has 2 N–H and O–H groups in total. The number of ketones is 1. The van der Waals surface area contributed by atoms with E-state index >= 15 is 0 Å². The molecule has 0 spiro atoms.